The first-order valence-corrected chi connectivity index (χ1v) is 9.66. The molecule has 2 atom stereocenters. The molecule has 1 fully saturated rings. The van der Waals surface area contributed by atoms with Crippen molar-refractivity contribution in [3.05, 3.63) is 42.0 Å². The molecule has 3 rings (SSSR count). The van der Waals surface area contributed by atoms with Gasteiger partial charge in [-0.25, -0.2) is 13.8 Å². The van der Waals surface area contributed by atoms with Gasteiger partial charge >= 0.3 is 0 Å². The first kappa shape index (κ1) is 22.1. The molecular formula is C20H24F2N8O. The maximum Gasteiger partial charge on any atom is 0.264 e. The zero-order chi connectivity index (χ0) is 22.4. The summed E-state index contributed by atoms with van der Waals surface area (Å²) in [6.07, 6.45) is 2.92. The van der Waals surface area contributed by atoms with Crippen molar-refractivity contribution < 1.29 is 13.6 Å². The number of anilines is 4. The highest BCUT2D eigenvalue weighted by atomic mass is 19.3. The molecule has 1 aliphatic carbocycles. The summed E-state index contributed by atoms with van der Waals surface area (Å²) in [6, 6.07) is 7.97. The van der Waals surface area contributed by atoms with Gasteiger partial charge in [0.25, 0.3) is 11.8 Å². The van der Waals surface area contributed by atoms with Crippen molar-refractivity contribution in [1.29, 1.82) is 5.41 Å². The molecule has 2 aromatic rings. The number of aromatic nitrogens is 1. The number of primary amides is 1. The topological polar surface area (TPSA) is 154 Å². The van der Waals surface area contributed by atoms with E-state index in [9.17, 15) is 13.6 Å². The van der Waals surface area contributed by atoms with Crippen molar-refractivity contribution in [2.45, 2.75) is 37.3 Å². The Bertz CT molecular complexity index is 981. The van der Waals surface area contributed by atoms with E-state index in [2.05, 4.69) is 26.1 Å². The Kier molecular flexibility index (Phi) is 6.75. The standard InChI is InChI=1S/C20H24F2N8O/c21-20(22)8-2-5-15(17(20)24)28-16-7-6-14(18(25)31)19(29-16)27-12-3-1-4-13(11-12)30-26-10-9-23/h1,3-4,6-7,9-11,15,17,23,30H,2,5,8,24H2,(H2,25,31)(H2,27,28,29)/b23-9?,26-10-. The molecule has 0 saturated heterocycles. The average molecular weight is 430 g/mol. The predicted molar refractivity (Wildman–Crippen MR) is 118 cm³/mol. The number of nitrogens with two attached hydrogens (primary N) is 2. The fourth-order valence-corrected chi connectivity index (χ4v) is 3.34. The van der Waals surface area contributed by atoms with E-state index in [1.807, 2.05) is 0 Å². The quantitative estimate of drug-likeness (QED) is 0.279. The highest BCUT2D eigenvalue weighted by Crippen LogP contribution is 2.34. The second-order valence-electron chi connectivity index (χ2n) is 7.15. The number of hydrazone groups is 1. The van der Waals surface area contributed by atoms with Crippen LogP contribution in [0.15, 0.2) is 41.5 Å². The Hall–Kier alpha value is -3.60. The number of carbonyl (C=O) groups excluding carboxylic acids is 1. The molecule has 9 nitrogen and oxygen atoms in total. The minimum absolute atomic E-state index is 0.143. The number of alkyl halides is 2. The second-order valence-corrected chi connectivity index (χ2v) is 7.15. The highest BCUT2D eigenvalue weighted by Gasteiger charge is 2.44. The molecule has 1 heterocycles. The van der Waals surface area contributed by atoms with Crippen molar-refractivity contribution in [3.63, 3.8) is 0 Å². The number of benzene rings is 1. The van der Waals surface area contributed by atoms with E-state index < -0.39 is 23.9 Å². The Morgan fingerprint density at radius 1 is 1.29 bits per heavy atom. The molecule has 1 aromatic carbocycles. The lowest BCUT2D eigenvalue weighted by Gasteiger charge is -2.36. The molecule has 8 N–H and O–H groups in total. The fraction of sp³-hybridized carbons (Fsp3) is 0.300. The van der Waals surface area contributed by atoms with Crippen LogP contribution >= 0.6 is 0 Å². The smallest absolute Gasteiger partial charge is 0.264 e. The fourth-order valence-electron chi connectivity index (χ4n) is 3.34. The van der Waals surface area contributed by atoms with Gasteiger partial charge in [-0.05, 0) is 43.2 Å². The second kappa shape index (κ2) is 9.47. The number of amides is 1. The average Bonchev–Trinajstić information content (AvgIpc) is 2.72. The van der Waals surface area contributed by atoms with Gasteiger partial charge < -0.3 is 27.5 Å². The maximum atomic E-state index is 13.9. The monoisotopic (exact) mass is 430 g/mol. The molecule has 0 aliphatic heterocycles. The number of hydrogen-bond acceptors (Lipinski definition) is 8. The Morgan fingerprint density at radius 2 is 2.06 bits per heavy atom. The first-order valence-electron chi connectivity index (χ1n) is 9.66. The van der Waals surface area contributed by atoms with E-state index in [0.717, 1.165) is 6.21 Å². The van der Waals surface area contributed by atoms with Gasteiger partial charge in [0.15, 0.2) is 0 Å². The largest absolute Gasteiger partial charge is 0.365 e. The van der Waals surface area contributed by atoms with E-state index >= 15 is 0 Å². The number of nitrogens with one attached hydrogen (secondary N) is 4. The third kappa shape index (κ3) is 5.51. The normalized spacial score (nSPS) is 20.2. The highest BCUT2D eigenvalue weighted by molar-refractivity contribution is 6.14. The van der Waals surface area contributed by atoms with Crippen molar-refractivity contribution >= 4 is 41.3 Å². The molecule has 164 valence electrons. The summed E-state index contributed by atoms with van der Waals surface area (Å²) >= 11 is 0. The van der Waals surface area contributed by atoms with Crippen molar-refractivity contribution in [1.82, 2.24) is 4.98 Å². The van der Waals surface area contributed by atoms with E-state index in [4.69, 9.17) is 16.9 Å². The number of hydrogen-bond donors (Lipinski definition) is 6. The molecule has 2 unspecified atom stereocenters. The number of nitrogens with zero attached hydrogens (tertiary/aromatic N) is 2. The number of carbonyl (C=O) groups is 1. The van der Waals surface area contributed by atoms with Gasteiger partial charge in [-0.3, -0.25) is 10.2 Å². The number of pyridine rings is 1. The molecule has 1 saturated carbocycles. The molecule has 11 heteroatoms. The summed E-state index contributed by atoms with van der Waals surface area (Å²) in [6.45, 7) is 0. The van der Waals surface area contributed by atoms with Gasteiger partial charge in [0.1, 0.15) is 11.6 Å². The zero-order valence-corrected chi connectivity index (χ0v) is 16.6. The lowest BCUT2D eigenvalue weighted by atomic mass is 9.87. The van der Waals surface area contributed by atoms with Crippen LogP contribution in [0.2, 0.25) is 0 Å². The lowest BCUT2D eigenvalue weighted by molar-refractivity contribution is -0.0554. The van der Waals surface area contributed by atoms with Crippen LogP contribution < -0.4 is 27.5 Å². The van der Waals surface area contributed by atoms with Crippen LogP contribution in [0.1, 0.15) is 29.6 Å². The Labute approximate surface area is 177 Å². The van der Waals surface area contributed by atoms with Gasteiger partial charge in [-0.1, -0.05) is 6.07 Å². The van der Waals surface area contributed by atoms with Crippen LogP contribution in [0.5, 0.6) is 0 Å². The summed E-state index contributed by atoms with van der Waals surface area (Å²) in [5.41, 5.74) is 15.3. The molecule has 0 bridgehead atoms. The maximum absolute atomic E-state index is 13.9. The molecular weight excluding hydrogens is 406 g/mol. The molecule has 1 amide bonds. The Balaban J connectivity index is 1.82. The van der Waals surface area contributed by atoms with Crippen LogP contribution in [-0.2, 0) is 0 Å². The van der Waals surface area contributed by atoms with Crippen molar-refractivity contribution in [3.8, 4) is 0 Å². The zero-order valence-electron chi connectivity index (χ0n) is 16.6. The molecule has 0 spiro atoms. The third-order valence-electron chi connectivity index (χ3n) is 4.91. The minimum atomic E-state index is -2.95. The Morgan fingerprint density at radius 3 is 2.81 bits per heavy atom. The predicted octanol–water partition coefficient (Wildman–Crippen LogP) is 2.90. The summed E-state index contributed by atoms with van der Waals surface area (Å²) < 4.78 is 27.9. The lowest BCUT2D eigenvalue weighted by Crippen LogP contribution is -2.55. The summed E-state index contributed by atoms with van der Waals surface area (Å²) in [4.78, 5) is 16.2. The van der Waals surface area contributed by atoms with Crippen LogP contribution in [0.4, 0.5) is 31.8 Å². The molecule has 31 heavy (non-hydrogen) atoms. The van der Waals surface area contributed by atoms with E-state index in [-0.39, 0.29) is 17.8 Å². The van der Waals surface area contributed by atoms with Crippen LogP contribution in [0, 0.1) is 5.41 Å². The van der Waals surface area contributed by atoms with Crippen LogP contribution in [0.3, 0.4) is 0 Å². The number of halogens is 2. The molecule has 1 aromatic heterocycles. The van der Waals surface area contributed by atoms with E-state index in [1.165, 1.54) is 18.3 Å². The van der Waals surface area contributed by atoms with E-state index in [0.29, 0.717) is 30.0 Å². The summed E-state index contributed by atoms with van der Waals surface area (Å²) in [5.74, 6) is -3.16. The van der Waals surface area contributed by atoms with Crippen LogP contribution in [-0.4, -0.2) is 41.3 Å². The summed E-state index contributed by atoms with van der Waals surface area (Å²) in [5, 5.41) is 16.8. The van der Waals surface area contributed by atoms with Gasteiger partial charge in [0.2, 0.25) is 0 Å². The van der Waals surface area contributed by atoms with E-state index in [1.54, 1.807) is 24.3 Å². The van der Waals surface area contributed by atoms with Gasteiger partial charge in [0.05, 0.1) is 23.5 Å². The number of rotatable bonds is 8. The first-order chi connectivity index (χ1) is 14.8. The molecule has 1 aliphatic rings. The van der Waals surface area contributed by atoms with Gasteiger partial charge in [-0.15, -0.1) is 0 Å². The SMILES string of the molecule is N=C/C=N\Nc1cccc(Nc2nc(NC3CCCC(F)(F)C3N)ccc2C(N)=O)c1. The molecule has 0 radical (unpaired) electrons. The third-order valence-corrected chi connectivity index (χ3v) is 4.91. The minimum Gasteiger partial charge on any atom is -0.365 e. The van der Waals surface area contributed by atoms with Crippen molar-refractivity contribution in [2.75, 3.05) is 16.1 Å². The van der Waals surface area contributed by atoms with Crippen molar-refractivity contribution in [2.24, 2.45) is 16.6 Å². The van der Waals surface area contributed by atoms with Crippen LogP contribution in [0.25, 0.3) is 0 Å². The van der Waals surface area contributed by atoms with Gasteiger partial charge in [0, 0.05) is 24.4 Å². The summed E-state index contributed by atoms with van der Waals surface area (Å²) in [7, 11) is 0. The van der Waals surface area contributed by atoms with Gasteiger partial charge in [-0.2, -0.15) is 5.10 Å².